The highest BCUT2D eigenvalue weighted by atomic mass is 35.5. The van der Waals surface area contributed by atoms with E-state index in [4.69, 9.17) is 22.4 Å². The molecular weight excluding hydrogens is 240 g/mol. The number of nitrogens with zero attached hydrogens (tertiary/aromatic N) is 1. The summed E-state index contributed by atoms with van der Waals surface area (Å²) in [5.41, 5.74) is 5.19. The third-order valence-corrected chi connectivity index (χ3v) is 3.06. The molecule has 0 radical (unpaired) electrons. The third-order valence-electron chi connectivity index (χ3n) is 1.75. The summed E-state index contributed by atoms with van der Waals surface area (Å²) in [5, 5.41) is 9.12. The molecule has 0 aliphatic heterocycles. The fraction of sp³-hybridized carbons (Fsp3) is 0.250. The predicted molar refractivity (Wildman–Crippen MR) is 58.4 cm³/mol. The number of rotatable bonds is 3. The zero-order valence-corrected chi connectivity index (χ0v) is 9.38. The minimum absolute atomic E-state index is 0.522. The summed E-state index contributed by atoms with van der Waals surface area (Å²) in [6, 6.07) is 1.70. The van der Waals surface area contributed by atoms with Gasteiger partial charge in [0.05, 0.1) is 9.34 Å². The molecule has 0 bridgehead atoms. The van der Waals surface area contributed by atoms with Gasteiger partial charge < -0.3 is 15.7 Å². The van der Waals surface area contributed by atoms with Gasteiger partial charge >= 0.3 is 5.97 Å². The molecule has 0 aromatic carbocycles. The van der Waals surface area contributed by atoms with E-state index in [1.165, 1.54) is 23.3 Å². The molecule has 1 amide bonds. The van der Waals surface area contributed by atoms with Crippen LogP contribution in [0.1, 0.15) is 0 Å². The first-order valence-electron chi connectivity index (χ1n) is 3.94. The van der Waals surface area contributed by atoms with Crippen LogP contribution in [0.4, 0.5) is 5.00 Å². The zero-order chi connectivity index (χ0) is 11.6. The lowest BCUT2D eigenvalue weighted by atomic mass is 10.3. The average Bonchev–Trinajstić information content (AvgIpc) is 2.61. The van der Waals surface area contributed by atoms with Gasteiger partial charge in [0.2, 0.25) is 0 Å². The van der Waals surface area contributed by atoms with Crippen molar-refractivity contribution in [3.05, 3.63) is 16.5 Å². The highest BCUT2D eigenvalue weighted by molar-refractivity contribution is 7.20. The maximum atomic E-state index is 11.5. The summed E-state index contributed by atoms with van der Waals surface area (Å²) >= 11 is 6.86. The summed E-state index contributed by atoms with van der Waals surface area (Å²) in [4.78, 5) is 23.1. The van der Waals surface area contributed by atoms with Gasteiger partial charge in [0.25, 0.3) is 5.91 Å². The Morgan fingerprint density at radius 2 is 2.20 bits per heavy atom. The number of likely N-dealkylation sites (N-methyl/N-ethyl adjacent to an activating group) is 1. The molecule has 1 aromatic rings. The van der Waals surface area contributed by atoms with Crippen molar-refractivity contribution in [3.63, 3.8) is 0 Å². The number of halogens is 1. The first-order valence-corrected chi connectivity index (χ1v) is 5.14. The number of amides is 1. The number of carboxylic acid groups (broad SMARTS) is 1. The molecule has 3 N–H and O–H groups in total. The molecule has 1 atom stereocenters. The van der Waals surface area contributed by atoms with Crippen LogP contribution in [0.5, 0.6) is 0 Å². The lowest BCUT2D eigenvalue weighted by Gasteiger charge is -2.16. The van der Waals surface area contributed by atoms with E-state index in [0.717, 1.165) is 0 Å². The van der Waals surface area contributed by atoms with Crippen LogP contribution in [-0.2, 0) is 9.59 Å². The first-order chi connectivity index (χ1) is 6.93. The van der Waals surface area contributed by atoms with Crippen molar-refractivity contribution in [2.24, 2.45) is 5.73 Å². The van der Waals surface area contributed by atoms with Crippen LogP contribution in [0, 0.1) is 0 Å². The molecule has 82 valence electrons. The van der Waals surface area contributed by atoms with Gasteiger partial charge in [0.1, 0.15) is 0 Å². The second kappa shape index (κ2) is 4.61. The lowest BCUT2D eigenvalue weighted by molar-refractivity contribution is -0.142. The minimum atomic E-state index is -1.55. The predicted octanol–water partition coefficient (Wildman–Crippen LogP) is 0.776. The van der Waals surface area contributed by atoms with E-state index in [0.29, 0.717) is 9.34 Å². The normalized spacial score (nSPS) is 12.2. The van der Waals surface area contributed by atoms with Crippen molar-refractivity contribution in [2.75, 3.05) is 11.9 Å². The van der Waals surface area contributed by atoms with Crippen molar-refractivity contribution in [1.82, 2.24) is 0 Å². The Kier molecular flexibility index (Phi) is 3.67. The van der Waals surface area contributed by atoms with Crippen LogP contribution in [-0.4, -0.2) is 30.1 Å². The number of hydrogen-bond donors (Lipinski definition) is 2. The van der Waals surface area contributed by atoms with E-state index in [-0.39, 0.29) is 0 Å². The molecule has 0 aliphatic rings. The van der Waals surface area contributed by atoms with Gasteiger partial charge in [-0.15, -0.1) is 11.3 Å². The molecule has 1 aromatic heterocycles. The van der Waals surface area contributed by atoms with Crippen molar-refractivity contribution in [2.45, 2.75) is 6.04 Å². The summed E-state index contributed by atoms with van der Waals surface area (Å²) in [6.07, 6.45) is 0. The zero-order valence-electron chi connectivity index (χ0n) is 7.81. The first kappa shape index (κ1) is 12.0. The number of nitrogens with two attached hydrogens (primary N) is 1. The topological polar surface area (TPSA) is 83.6 Å². The van der Waals surface area contributed by atoms with Gasteiger partial charge in [0, 0.05) is 7.05 Å². The van der Waals surface area contributed by atoms with Gasteiger partial charge in [-0.05, 0) is 12.1 Å². The number of carbonyl (C=O) groups excluding carboxylic acids is 1. The Bertz CT molecular complexity index is 393. The molecule has 15 heavy (non-hydrogen) atoms. The smallest absolute Gasteiger partial charge is 0.330 e. The maximum absolute atomic E-state index is 11.5. The van der Waals surface area contributed by atoms with Crippen LogP contribution in [0.15, 0.2) is 12.1 Å². The van der Waals surface area contributed by atoms with E-state index < -0.39 is 17.9 Å². The molecule has 1 heterocycles. The number of carboxylic acids is 1. The lowest BCUT2D eigenvalue weighted by Crippen LogP contribution is -2.46. The van der Waals surface area contributed by atoms with E-state index >= 15 is 0 Å². The number of hydrogen-bond acceptors (Lipinski definition) is 4. The number of anilines is 1. The van der Waals surface area contributed by atoms with Gasteiger partial charge in [-0.25, -0.2) is 4.79 Å². The molecular formula is C8H9ClN2O3S. The maximum Gasteiger partial charge on any atom is 0.330 e. The SMILES string of the molecule is CN(C(=O)C(N)C(=O)O)c1ccc(Cl)s1. The fourth-order valence-electron chi connectivity index (χ4n) is 0.908. The Morgan fingerprint density at radius 3 is 2.60 bits per heavy atom. The number of carbonyl (C=O) groups is 2. The summed E-state index contributed by atoms with van der Waals surface area (Å²) in [5.74, 6) is -2.03. The molecule has 1 rings (SSSR count). The van der Waals surface area contributed by atoms with Gasteiger partial charge in [-0.1, -0.05) is 11.6 Å². The van der Waals surface area contributed by atoms with Crippen LogP contribution >= 0.6 is 22.9 Å². The molecule has 0 spiro atoms. The second-order valence-corrected chi connectivity index (χ2v) is 4.48. The second-order valence-electron chi connectivity index (χ2n) is 2.79. The molecule has 0 saturated carbocycles. The van der Waals surface area contributed by atoms with Crippen molar-refractivity contribution in [1.29, 1.82) is 0 Å². The number of thiophene rings is 1. The summed E-state index contributed by atoms with van der Waals surface area (Å²) < 4.78 is 0.522. The van der Waals surface area contributed by atoms with Crippen LogP contribution in [0.2, 0.25) is 4.34 Å². The highest BCUT2D eigenvalue weighted by Crippen LogP contribution is 2.28. The van der Waals surface area contributed by atoms with Gasteiger partial charge in [0.15, 0.2) is 6.04 Å². The monoisotopic (exact) mass is 248 g/mol. The van der Waals surface area contributed by atoms with E-state index in [1.807, 2.05) is 0 Å². The highest BCUT2D eigenvalue weighted by Gasteiger charge is 2.26. The summed E-state index contributed by atoms with van der Waals surface area (Å²) in [7, 11) is 1.45. The van der Waals surface area contributed by atoms with E-state index in [9.17, 15) is 9.59 Å². The van der Waals surface area contributed by atoms with Crippen LogP contribution in [0.25, 0.3) is 0 Å². The molecule has 5 nitrogen and oxygen atoms in total. The Morgan fingerprint density at radius 1 is 1.60 bits per heavy atom. The third kappa shape index (κ3) is 2.68. The van der Waals surface area contributed by atoms with Crippen LogP contribution < -0.4 is 10.6 Å². The van der Waals surface area contributed by atoms with E-state index in [1.54, 1.807) is 12.1 Å². The van der Waals surface area contributed by atoms with Crippen LogP contribution in [0.3, 0.4) is 0 Å². The average molecular weight is 249 g/mol. The summed E-state index contributed by atoms with van der Waals surface area (Å²) in [6.45, 7) is 0. The molecule has 1 unspecified atom stereocenters. The standard InChI is InChI=1S/C8H9ClN2O3S/c1-11(5-3-2-4(9)15-5)7(12)6(10)8(13)14/h2-3,6H,10H2,1H3,(H,13,14). The van der Waals surface area contributed by atoms with Crippen molar-refractivity contribution in [3.8, 4) is 0 Å². The quantitative estimate of drug-likeness (QED) is 0.774. The Labute approximate surface area is 95.1 Å². The minimum Gasteiger partial charge on any atom is -0.480 e. The van der Waals surface area contributed by atoms with Crippen molar-refractivity contribution >= 4 is 39.8 Å². The molecule has 0 aliphatic carbocycles. The van der Waals surface area contributed by atoms with E-state index in [2.05, 4.69) is 0 Å². The van der Waals surface area contributed by atoms with Gasteiger partial charge in [-0.3, -0.25) is 4.79 Å². The Balaban J connectivity index is 2.81. The largest absolute Gasteiger partial charge is 0.480 e. The molecule has 0 fully saturated rings. The van der Waals surface area contributed by atoms with Gasteiger partial charge in [-0.2, -0.15) is 0 Å². The molecule has 0 saturated heterocycles. The fourth-order valence-corrected chi connectivity index (χ4v) is 1.91. The number of aliphatic carboxylic acids is 1. The molecule has 7 heteroatoms. The van der Waals surface area contributed by atoms with Crippen molar-refractivity contribution < 1.29 is 14.7 Å². The Hall–Kier alpha value is -1.11.